The molecule has 0 aliphatic heterocycles. The summed E-state index contributed by atoms with van der Waals surface area (Å²) in [6, 6.07) is 17.2. The lowest BCUT2D eigenvalue weighted by Gasteiger charge is -2.12. The van der Waals surface area contributed by atoms with Crippen LogP contribution in [0.15, 0.2) is 79.0 Å². The van der Waals surface area contributed by atoms with Gasteiger partial charge in [0.15, 0.2) is 5.65 Å². The summed E-state index contributed by atoms with van der Waals surface area (Å²) >= 11 is 6.18. The Morgan fingerprint density at radius 3 is 2.34 bits per heavy atom. The van der Waals surface area contributed by atoms with Crippen molar-refractivity contribution in [1.82, 2.24) is 14.5 Å². The van der Waals surface area contributed by atoms with Crippen LogP contribution in [0.4, 0.5) is 30.5 Å². The second-order valence-electron chi connectivity index (χ2n) is 7.47. The van der Waals surface area contributed by atoms with Gasteiger partial charge >= 0.3 is 0 Å². The van der Waals surface area contributed by atoms with Crippen LogP contribution in [0.2, 0.25) is 5.02 Å². The number of carbonyl (C=O) groups excluding carboxylic acids is 1. The number of carbonyl (C=O) groups is 1. The normalized spacial score (nSPS) is 11.0. The highest BCUT2D eigenvalue weighted by Gasteiger charge is 2.20. The van der Waals surface area contributed by atoms with Crippen molar-refractivity contribution in [2.75, 3.05) is 10.6 Å². The number of rotatable bonds is 5. The van der Waals surface area contributed by atoms with Crippen molar-refractivity contribution in [1.29, 1.82) is 0 Å². The number of benzene rings is 3. The van der Waals surface area contributed by atoms with Gasteiger partial charge in [0.05, 0.1) is 10.7 Å². The van der Waals surface area contributed by atoms with Crippen LogP contribution in [0.5, 0.6) is 0 Å². The van der Waals surface area contributed by atoms with E-state index in [1.165, 1.54) is 41.1 Å². The van der Waals surface area contributed by atoms with Crippen molar-refractivity contribution >= 4 is 45.9 Å². The van der Waals surface area contributed by atoms with E-state index in [1.807, 2.05) is 0 Å². The van der Waals surface area contributed by atoms with Crippen LogP contribution < -0.4 is 10.6 Å². The molecule has 2 heterocycles. The number of halogens is 4. The van der Waals surface area contributed by atoms with Gasteiger partial charge in [-0.05, 0) is 54.6 Å². The molecule has 5 aromatic rings. The lowest BCUT2D eigenvalue weighted by molar-refractivity contribution is 0.102. The fourth-order valence-corrected chi connectivity index (χ4v) is 3.73. The first-order valence-corrected chi connectivity index (χ1v) is 10.7. The van der Waals surface area contributed by atoms with Crippen molar-refractivity contribution in [3.8, 4) is 5.69 Å². The van der Waals surface area contributed by atoms with Gasteiger partial charge in [-0.1, -0.05) is 29.8 Å². The molecule has 0 aliphatic rings. The topological polar surface area (TPSA) is 71.8 Å². The number of anilines is 3. The molecule has 0 bridgehead atoms. The molecule has 0 saturated carbocycles. The summed E-state index contributed by atoms with van der Waals surface area (Å²) in [6.07, 6.45) is 1.41. The maximum absolute atomic E-state index is 14.1. The van der Waals surface area contributed by atoms with E-state index in [0.717, 1.165) is 12.1 Å². The van der Waals surface area contributed by atoms with Gasteiger partial charge in [0.25, 0.3) is 5.91 Å². The van der Waals surface area contributed by atoms with Gasteiger partial charge in [-0.2, -0.15) is 4.98 Å². The van der Waals surface area contributed by atoms with E-state index in [2.05, 4.69) is 20.6 Å². The SMILES string of the molecule is O=C(Nc1ccccc1Cl)c1cc2cnc(Nc3c(F)cccc3F)nc2n1-c1ccc(F)cc1. The van der Waals surface area contributed by atoms with Crippen molar-refractivity contribution < 1.29 is 18.0 Å². The monoisotopic (exact) mass is 493 g/mol. The molecule has 1 amide bonds. The zero-order valence-electron chi connectivity index (χ0n) is 17.8. The third kappa shape index (κ3) is 4.41. The van der Waals surface area contributed by atoms with Crippen LogP contribution in [-0.4, -0.2) is 20.4 Å². The Labute approximate surface area is 202 Å². The summed E-state index contributed by atoms with van der Waals surface area (Å²) in [6.45, 7) is 0. The molecule has 35 heavy (non-hydrogen) atoms. The largest absolute Gasteiger partial charge is 0.319 e. The Morgan fingerprint density at radius 1 is 0.914 bits per heavy atom. The number of amides is 1. The van der Waals surface area contributed by atoms with Gasteiger partial charge in [0, 0.05) is 17.3 Å². The number of hydrogen-bond donors (Lipinski definition) is 2. The summed E-state index contributed by atoms with van der Waals surface area (Å²) in [4.78, 5) is 21.7. The minimum Gasteiger partial charge on any atom is -0.319 e. The Kier molecular flexibility index (Phi) is 5.84. The Hall–Kier alpha value is -4.37. The maximum atomic E-state index is 14.1. The third-order valence-electron chi connectivity index (χ3n) is 5.18. The molecule has 0 radical (unpaired) electrons. The van der Waals surface area contributed by atoms with Crippen LogP contribution in [0, 0.1) is 17.5 Å². The van der Waals surface area contributed by atoms with Crippen LogP contribution in [0.25, 0.3) is 16.7 Å². The lowest BCUT2D eigenvalue weighted by atomic mass is 10.2. The molecule has 0 saturated heterocycles. The minimum absolute atomic E-state index is 0.0963. The van der Waals surface area contributed by atoms with E-state index in [1.54, 1.807) is 30.3 Å². The van der Waals surface area contributed by atoms with E-state index < -0.39 is 29.0 Å². The zero-order valence-corrected chi connectivity index (χ0v) is 18.5. The van der Waals surface area contributed by atoms with Gasteiger partial charge in [-0.25, -0.2) is 18.2 Å². The fourth-order valence-electron chi connectivity index (χ4n) is 3.55. The molecule has 10 heteroatoms. The zero-order chi connectivity index (χ0) is 24.5. The number of fused-ring (bicyclic) bond motifs is 1. The summed E-state index contributed by atoms with van der Waals surface area (Å²) in [5.41, 5.74) is 0.847. The molecule has 174 valence electrons. The van der Waals surface area contributed by atoms with E-state index in [4.69, 9.17) is 11.6 Å². The second kappa shape index (κ2) is 9.11. The Bertz CT molecular complexity index is 1550. The van der Waals surface area contributed by atoms with Gasteiger partial charge < -0.3 is 10.6 Å². The van der Waals surface area contributed by atoms with Gasteiger partial charge in [0.2, 0.25) is 5.95 Å². The molecule has 0 fully saturated rings. The summed E-state index contributed by atoms with van der Waals surface area (Å²) in [7, 11) is 0. The average Bonchev–Trinajstić information content (AvgIpc) is 3.22. The average molecular weight is 494 g/mol. The molecule has 0 atom stereocenters. The number of nitrogens with zero attached hydrogens (tertiary/aromatic N) is 3. The second-order valence-corrected chi connectivity index (χ2v) is 7.88. The minimum atomic E-state index is -0.817. The van der Waals surface area contributed by atoms with Crippen LogP contribution >= 0.6 is 11.6 Å². The quantitative estimate of drug-likeness (QED) is 0.294. The first kappa shape index (κ1) is 22.4. The highest BCUT2D eigenvalue weighted by Crippen LogP contribution is 2.28. The number of nitrogens with one attached hydrogen (secondary N) is 2. The Morgan fingerprint density at radius 2 is 1.63 bits per heavy atom. The first-order valence-electron chi connectivity index (χ1n) is 10.3. The molecule has 5 rings (SSSR count). The first-order chi connectivity index (χ1) is 16.9. The highest BCUT2D eigenvalue weighted by molar-refractivity contribution is 6.33. The van der Waals surface area contributed by atoms with Crippen molar-refractivity contribution in [3.63, 3.8) is 0 Å². The molecular formula is C25H15ClF3N5O. The third-order valence-corrected chi connectivity index (χ3v) is 5.51. The molecular weight excluding hydrogens is 479 g/mol. The van der Waals surface area contributed by atoms with Crippen molar-refractivity contribution in [3.05, 3.63) is 107 Å². The summed E-state index contributed by atoms with van der Waals surface area (Å²) in [5, 5.41) is 6.11. The van der Waals surface area contributed by atoms with Gasteiger partial charge in [-0.3, -0.25) is 9.36 Å². The Balaban J connectivity index is 1.63. The molecule has 6 nitrogen and oxygen atoms in total. The lowest BCUT2D eigenvalue weighted by Crippen LogP contribution is -2.16. The molecule has 0 spiro atoms. The van der Waals surface area contributed by atoms with E-state index in [0.29, 0.717) is 21.8 Å². The van der Waals surface area contributed by atoms with Crippen LogP contribution in [0.3, 0.4) is 0 Å². The molecule has 3 aromatic carbocycles. The van der Waals surface area contributed by atoms with Crippen molar-refractivity contribution in [2.45, 2.75) is 0 Å². The summed E-state index contributed by atoms with van der Waals surface area (Å²) < 4.78 is 43.3. The van der Waals surface area contributed by atoms with Gasteiger partial charge in [-0.15, -0.1) is 0 Å². The summed E-state index contributed by atoms with van der Waals surface area (Å²) in [5.74, 6) is -2.69. The standard InChI is InChI=1S/C25H15ClF3N5O/c26-17-4-1-2-7-20(17)31-24(35)21-12-14-13-30-25(32-22-18(28)5-3-6-19(22)29)33-23(14)34(21)16-10-8-15(27)9-11-16/h1-13H,(H,31,35)(H,30,32,33). The molecule has 2 N–H and O–H groups in total. The van der Waals surface area contributed by atoms with E-state index in [-0.39, 0.29) is 17.3 Å². The number of para-hydroxylation sites is 2. The molecule has 2 aromatic heterocycles. The number of aromatic nitrogens is 3. The maximum Gasteiger partial charge on any atom is 0.272 e. The number of hydrogen-bond acceptors (Lipinski definition) is 4. The smallest absolute Gasteiger partial charge is 0.272 e. The van der Waals surface area contributed by atoms with Gasteiger partial charge in [0.1, 0.15) is 28.8 Å². The van der Waals surface area contributed by atoms with Crippen LogP contribution in [0.1, 0.15) is 10.5 Å². The van der Waals surface area contributed by atoms with E-state index in [9.17, 15) is 18.0 Å². The molecule has 0 aliphatic carbocycles. The molecule has 0 unspecified atom stereocenters. The predicted molar refractivity (Wildman–Crippen MR) is 128 cm³/mol. The van der Waals surface area contributed by atoms with Crippen molar-refractivity contribution in [2.24, 2.45) is 0 Å². The highest BCUT2D eigenvalue weighted by atomic mass is 35.5. The van der Waals surface area contributed by atoms with Crippen LogP contribution in [-0.2, 0) is 0 Å². The predicted octanol–water partition coefficient (Wildman–Crippen LogP) is 6.49. The van der Waals surface area contributed by atoms with E-state index >= 15 is 0 Å². The fraction of sp³-hybridized carbons (Fsp3) is 0.